The number of ether oxygens (including phenoxy) is 1. The van der Waals surface area contributed by atoms with E-state index >= 15 is 0 Å². The number of nitrogens with zero attached hydrogens (tertiary/aromatic N) is 1. The standard InChI is InChI=1S/C14H18ClNO4S/c1-16(11-5-6-21(18,19)9-11)14(17)7-10-3-4-12(20-2)8-13(10)15/h3-4,8,11H,5-7,9H2,1-2H3. The molecule has 7 heteroatoms. The number of likely N-dealkylation sites (N-methyl/N-ethyl adjacent to an activating group) is 1. The van der Waals surface area contributed by atoms with Crippen LogP contribution in [0.25, 0.3) is 0 Å². The van der Waals surface area contributed by atoms with Gasteiger partial charge in [-0.15, -0.1) is 0 Å². The molecule has 5 nitrogen and oxygen atoms in total. The van der Waals surface area contributed by atoms with Gasteiger partial charge in [-0.2, -0.15) is 0 Å². The predicted molar refractivity (Wildman–Crippen MR) is 81.5 cm³/mol. The number of methoxy groups -OCH3 is 1. The zero-order valence-corrected chi connectivity index (χ0v) is 13.6. The van der Waals surface area contributed by atoms with Gasteiger partial charge in [0.05, 0.1) is 25.0 Å². The minimum atomic E-state index is -3.00. The summed E-state index contributed by atoms with van der Waals surface area (Å²) in [5.41, 5.74) is 0.704. The van der Waals surface area contributed by atoms with Crippen LogP contribution in [0.1, 0.15) is 12.0 Å². The molecule has 0 N–H and O–H groups in total. The lowest BCUT2D eigenvalue weighted by Gasteiger charge is -2.23. The van der Waals surface area contributed by atoms with Crippen LogP contribution in [0.15, 0.2) is 18.2 Å². The van der Waals surface area contributed by atoms with E-state index in [1.807, 2.05) is 0 Å². The smallest absolute Gasteiger partial charge is 0.227 e. The van der Waals surface area contributed by atoms with Crippen LogP contribution >= 0.6 is 11.6 Å². The van der Waals surface area contributed by atoms with Crippen LogP contribution in [0, 0.1) is 0 Å². The molecule has 1 aliphatic rings. The quantitative estimate of drug-likeness (QED) is 0.839. The van der Waals surface area contributed by atoms with Crippen LogP contribution in [0.5, 0.6) is 5.75 Å². The summed E-state index contributed by atoms with van der Waals surface area (Å²) in [7, 11) is 0.190. The Bertz CT molecular complexity index is 644. The SMILES string of the molecule is COc1ccc(CC(=O)N(C)C2CCS(=O)(=O)C2)c(Cl)c1. The Balaban J connectivity index is 2.04. The Morgan fingerprint density at radius 2 is 2.19 bits per heavy atom. The Kier molecular flexibility index (Phi) is 4.78. The minimum absolute atomic E-state index is 0.0472. The average Bonchev–Trinajstić information content (AvgIpc) is 2.80. The highest BCUT2D eigenvalue weighted by Gasteiger charge is 2.32. The second-order valence-corrected chi connectivity index (χ2v) is 7.83. The molecular formula is C14H18ClNO4S. The lowest BCUT2D eigenvalue weighted by molar-refractivity contribution is -0.130. The second-order valence-electron chi connectivity index (χ2n) is 5.20. The number of amides is 1. The number of sulfone groups is 1. The molecule has 116 valence electrons. The van der Waals surface area contributed by atoms with Crippen LogP contribution in [0.3, 0.4) is 0 Å². The van der Waals surface area contributed by atoms with Gasteiger partial charge in [0.1, 0.15) is 5.75 Å². The maximum absolute atomic E-state index is 12.3. The van der Waals surface area contributed by atoms with Crippen molar-refractivity contribution in [2.24, 2.45) is 0 Å². The summed E-state index contributed by atoms with van der Waals surface area (Å²) < 4.78 is 28.0. The van der Waals surface area contributed by atoms with Crippen LogP contribution in [-0.2, 0) is 21.1 Å². The number of benzene rings is 1. The zero-order chi connectivity index (χ0) is 15.6. The third kappa shape index (κ3) is 3.89. The van der Waals surface area contributed by atoms with Gasteiger partial charge in [-0.1, -0.05) is 17.7 Å². The summed E-state index contributed by atoms with van der Waals surface area (Å²) in [5, 5.41) is 0.468. The Morgan fingerprint density at radius 3 is 2.71 bits per heavy atom. The van der Waals surface area contributed by atoms with Gasteiger partial charge in [-0.05, 0) is 24.1 Å². The summed E-state index contributed by atoms with van der Waals surface area (Å²) in [6, 6.07) is 4.91. The number of hydrogen-bond donors (Lipinski definition) is 0. The van der Waals surface area contributed by atoms with Crippen molar-refractivity contribution in [3.8, 4) is 5.75 Å². The van der Waals surface area contributed by atoms with E-state index in [-0.39, 0.29) is 29.9 Å². The first kappa shape index (κ1) is 16.1. The van der Waals surface area contributed by atoms with E-state index in [0.29, 0.717) is 22.8 Å². The molecule has 1 fully saturated rings. The molecule has 0 spiro atoms. The van der Waals surface area contributed by atoms with E-state index in [1.165, 1.54) is 4.90 Å². The molecule has 21 heavy (non-hydrogen) atoms. The van der Waals surface area contributed by atoms with Crippen molar-refractivity contribution >= 4 is 27.3 Å². The van der Waals surface area contributed by atoms with Crippen LogP contribution in [0.2, 0.25) is 5.02 Å². The third-order valence-electron chi connectivity index (χ3n) is 3.75. The van der Waals surface area contributed by atoms with Crippen molar-refractivity contribution in [3.63, 3.8) is 0 Å². The van der Waals surface area contributed by atoms with E-state index in [1.54, 1.807) is 32.4 Å². The topological polar surface area (TPSA) is 63.7 Å². The molecule has 1 aliphatic heterocycles. The zero-order valence-electron chi connectivity index (χ0n) is 12.0. The highest BCUT2D eigenvalue weighted by Crippen LogP contribution is 2.24. The first-order valence-corrected chi connectivity index (χ1v) is 8.81. The van der Waals surface area contributed by atoms with Crippen molar-refractivity contribution in [2.75, 3.05) is 25.7 Å². The van der Waals surface area contributed by atoms with Crippen molar-refractivity contribution in [1.29, 1.82) is 0 Å². The normalized spacial score (nSPS) is 20.2. The van der Waals surface area contributed by atoms with Crippen molar-refractivity contribution < 1.29 is 17.9 Å². The number of hydrogen-bond acceptors (Lipinski definition) is 4. The van der Waals surface area contributed by atoms with Gasteiger partial charge >= 0.3 is 0 Å². The molecule has 0 aromatic heterocycles. The summed E-state index contributed by atoms with van der Waals surface area (Å²) in [6.45, 7) is 0. The number of carbonyl (C=O) groups is 1. The number of carbonyl (C=O) groups excluding carboxylic acids is 1. The fraction of sp³-hybridized carbons (Fsp3) is 0.500. The summed E-state index contributed by atoms with van der Waals surface area (Å²) in [6.07, 6.45) is 0.650. The molecule has 1 unspecified atom stereocenters. The molecule has 1 atom stereocenters. The molecule has 1 aromatic carbocycles. The van der Waals surface area contributed by atoms with Gasteiger partial charge in [-0.3, -0.25) is 4.79 Å². The Labute approximate surface area is 129 Å². The lowest BCUT2D eigenvalue weighted by Crippen LogP contribution is -2.38. The van der Waals surface area contributed by atoms with Gasteiger partial charge in [0.2, 0.25) is 5.91 Å². The van der Waals surface area contributed by atoms with Crippen LogP contribution < -0.4 is 4.74 Å². The number of halogens is 1. The summed E-state index contributed by atoms with van der Waals surface area (Å²) in [4.78, 5) is 13.8. The lowest BCUT2D eigenvalue weighted by atomic mass is 10.1. The predicted octanol–water partition coefficient (Wildman–Crippen LogP) is 1.54. The van der Waals surface area contributed by atoms with Crippen LogP contribution in [-0.4, -0.2) is 50.9 Å². The van der Waals surface area contributed by atoms with Crippen molar-refractivity contribution in [2.45, 2.75) is 18.9 Å². The van der Waals surface area contributed by atoms with E-state index in [2.05, 4.69) is 0 Å². The van der Waals surface area contributed by atoms with E-state index < -0.39 is 9.84 Å². The average molecular weight is 332 g/mol. The third-order valence-corrected chi connectivity index (χ3v) is 5.85. The first-order chi connectivity index (χ1) is 9.82. The molecule has 0 radical (unpaired) electrons. The van der Waals surface area contributed by atoms with Gasteiger partial charge in [0.25, 0.3) is 0 Å². The first-order valence-electron chi connectivity index (χ1n) is 6.61. The van der Waals surface area contributed by atoms with E-state index in [9.17, 15) is 13.2 Å². The monoisotopic (exact) mass is 331 g/mol. The molecule has 1 heterocycles. The van der Waals surface area contributed by atoms with Crippen molar-refractivity contribution in [3.05, 3.63) is 28.8 Å². The maximum atomic E-state index is 12.3. The maximum Gasteiger partial charge on any atom is 0.227 e. The Morgan fingerprint density at radius 1 is 1.48 bits per heavy atom. The highest BCUT2D eigenvalue weighted by molar-refractivity contribution is 7.91. The molecule has 2 rings (SSSR count). The molecular weight excluding hydrogens is 314 g/mol. The molecule has 0 bridgehead atoms. The van der Waals surface area contributed by atoms with Crippen LogP contribution in [0.4, 0.5) is 0 Å². The molecule has 0 saturated carbocycles. The summed E-state index contributed by atoms with van der Waals surface area (Å²) in [5.74, 6) is 0.695. The minimum Gasteiger partial charge on any atom is -0.497 e. The molecule has 1 saturated heterocycles. The van der Waals surface area contributed by atoms with Crippen molar-refractivity contribution in [1.82, 2.24) is 4.90 Å². The molecule has 1 amide bonds. The molecule has 1 aromatic rings. The fourth-order valence-electron chi connectivity index (χ4n) is 2.37. The van der Waals surface area contributed by atoms with Gasteiger partial charge in [0.15, 0.2) is 9.84 Å². The largest absolute Gasteiger partial charge is 0.497 e. The van der Waals surface area contributed by atoms with Gasteiger partial charge in [-0.25, -0.2) is 8.42 Å². The number of rotatable bonds is 4. The van der Waals surface area contributed by atoms with E-state index in [4.69, 9.17) is 16.3 Å². The highest BCUT2D eigenvalue weighted by atomic mass is 35.5. The Hall–Kier alpha value is -1.27. The fourth-order valence-corrected chi connectivity index (χ4v) is 4.38. The van der Waals surface area contributed by atoms with Gasteiger partial charge in [0, 0.05) is 18.1 Å². The molecule has 0 aliphatic carbocycles. The van der Waals surface area contributed by atoms with E-state index in [0.717, 1.165) is 0 Å². The summed E-state index contributed by atoms with van der Waals surface area (Å²) >= 11 is 6.12. The second kappa shape index (κ2) is 6.23. The van der Waals surface area contributed by atoms with Gasteiger partial charge < -0.3 is 9.64 Å².